The maximum atomic E-state index is 14.4. The molecular weight excluding hydrogens is 989 g/mol. The van der Waals surface area contributed by atoms with E-state index < -0.39 is 35.5 Å². The number of ether oxygens (including phenoxy) is 6. The highest BCUT2D eigenvalue weighted by Gasteiger charge is 2.32. The van der Waals surface area contributed by atoms with E-state index >= 15 is 0 Å². The van der Waals surface area contributed by atoms with Gasteiger partial charge in [-0.3, -0.25) is 32.9 Å². The van der Waals surface area contributed by atoms with Crippen LogP contribution in [0.15, 0.2) is 88.6 Å². The van der Waals surface area contributed by atoms with Crippen LogP contribution in [0.1, 0.15) is 81.4 Å². The van der Waals surface area contributed by atoms with Crippen molar-refractivity contribution >= 4 is 56.6 Å². The minimum Gasteiger partial charge on any atom is -0.497 e. The Hall–Kier alpha value is -8.76. The average Bonchev–Trinajstić information content (AvgIpc) is 4.35. The van der Waals surface area contributed by atoms with Gasteiger partial charge in [0.05, 0.1) is 49.7 Å². The molecule has 22 heteroatoms. The number of carbonyl (C=O) groups is 3. The van der Waals surface area contributed by atoms with Gasteiger partial charge in [-0.25, -0.2) is 0 Å². The molecule has 0 aliphatic carbocycles. The minimum atomic E-state index is -0.848. The Morgan fingerprint density at radius 2 is 1.17 bits per heavy atom. The molecule has 5 aromatic heterocycles. The molecule has 4 aromatic carbocycles. The first-order chi connectivity index (χ1) is 37.1. The van der Waals surface area contributed by atoms with Crippen LogP contribution in [0.2, 0.25) is 0 Å². The lowest BCUT2D eigenvalue weighted by atomic mass is 10.1. The van der Waals surface area contributed by atoms with E-state index in [1.807, 2.05) is 92.3 Å². The number of amides is 3. The lowest BCUT2D eigenvalue weighted by molar-refractivity contribution is -0.0794. The fourth-order valence-electron chi connectivity index (χ4n) is 9.83. The molecule has 0 saturated carbocycles. The third-order valence-electron chi connectivity index (χ3n) is 13.5. The Balaban J connectivity index is 1.26. The maximum Gasteiger partial charge on any atom is 0.300 e. The van der Waals surface area contributed by atoms with Crippen molar-refractivity contribution < 1.29 is 42.8 Å². The lowest BCUT2D eigenvalue weighted by Gasteiger charge is -2.28. The smallest absolute Gasteiger partial charge is 0.300 e. The highest BCUT2D eigenvalue weighted by atomic mass is 16.5. The summed E-state index contributed by atoms with van der Waals surface area (Å²) in [5, 5.41) is 9.23. The molecule has 0 radical (unpaired) electrons. The first kappa shape index (κ1) is 53.1. The largest absolute Gasteiger partial charge is 0.497 e. The van der Waals surface area contributed by atoms with Gasteiger partial charge in [0.15, 0.2) is 5.52 Å². The zero-order valence-corrected chi connectivity index (χ0v) is 44.5. The summed E-state index contributed by atoms with van der Waals surface area (Å²) in [5.41, 5.74) is 17.7. The molecule has 22 nitrogen and oxygen atoms in total. The summed E-state index contributed by atoms with van der Waals surface area (Å²) in [6, 6.07) is 22.9. The van der Waals surface area contributed by atoms with Crippen molar-refractivity contribution in [2.45, 2.75) is 93.1 Å². The summed E-state index contributed by atoms with van der Waals surface area (Å²) >= 11 is 0. The first-order valence-electron chi connectivity index (χ1n) is 25.3. The highest BCUT2D eigenvalue weighted by molar-refractivity contribution is 6.01. The number of hydrogen-bond acceptors (Lipinski definition) is 13. The van der Waals surface area contributed by atoms with Gasteiger partial charge in [0.1, 0.15) is 70.7 Å². The van der Waals surface area contributed by atoms with Gasteiger partial charge in [0.2, 0.25) is 23.2 Å². The van der Waals surface area contributed by atoms with E-state index in [-0.39, 0.29) is 84.7 Å². The van der Waals surface area contributed by atoms with Gasteiger partial charge in [-0.1, -0.05) is 24.3 Å². The number of nitrogens with zero attached hydrogens (tertiary/aromatic N) is 10. The second kappa shape index (κ2) is 22.2. The normalized spacial score (nSPS) is 12.8. The molecule has 0 fully saturated rings. The van der Waals surface area contributed by atoms with Crippen LogP contribution in [0, 0.1) is 13.8 Å². The number of aryl methyl sites for hydroxylation is 5. The van der Waals surface area contributed by atoms with E-state index in [9.17, 15) is 19.2 Å². The van der Waals surface area contributed by atoms with Crippen LogP contribution in [0.25, 0.3) is 38.9 Å². The number of benzene rings is 4. The van der Waals surface area contributed by atoms with Crippen molar-refractivity contribution in [2.24, 2.45) is 23.5 Å². The van der Waals surface area contributed by atoms with Crippen LogP contribution in [0.3, 0.4) is 0 Å². The molecule has 3 amide bonds. The van der Waals surface area contributed by atoms with Crippen LogP contribution in [0.4, 0.5) is 0 Å². The van der Waals surface area contributed by atoms with Gasteiger partial charge >= 0.3 is 5.56 Å². The van der Waals surface area contributed by atoms with E-state index in [1.165, 1.54) is 0 Å². The molecule has 5 heterocycles. The SMILES string of the molecule is CCO[C@H](Cn1/c(=N/C(=O)c2cc(C)nn2CC)n(C)c2cc(C(N)=O)cc(OCc3ccc(OC)cc3)c21)[C@@H](Cn1c2c(OCc3ccc(OC)cc3)cc(C(N)=O)cc2n2c3c(C)nn(CC)c3c(=O)nc12)OCC. The van der Waals surface area contributed by atoms with Crippen molar-refractivity contribution in [1.29, 1.82) is 0 Å². The minimum absolute atomic E-state index is 0.00241. The third kappa shape index (κ3) is 10.2. The van der Waals surface area contributed by atoms with E-state index in [0.29, 0.717) is 63.6 Å². The fourth-order valence-corrected chi connectivity index (χ4v) is 9.83. The van der Waals surface area contributed by atoms with Crippen molar-refractivity contribution in [3.8, 4) is 23.0 Å². The predicted octanol–water partition coefficient (Wildman–Crippen LogP) is 5.77. The molecule has 0 saturated heterocycles. The Labute approximate surface area is 441 Å². The van der Waals surface area contributed by atoms with Crippen LogP contribution in [0.5, 0.6) is 23.0 Å². The number of aromatic nitrogens is 9. The molecule has 0 unspecified atom stereocenters. The molecule has 0 aliphatic rings. The van der Waals surface area contributed by atoms with Crippen LogP contribution in [-0.2, 0) is 55.9 Å². The second-order valence-corrected chi connectivity index (χ2v) is 18.3. The lowest BCUT2D eigenvalue weighted by Crippen LogP contribution is -2.41. The number of carbonyl (C=O) groups excluding carboxylic acids is 3. The number of fused-ring (bicyclic) bond motifs is 6. The Morgan fingerprint density at radius 1 is 0.649 bits per heavy atom. The molecule has 9 aromatic rings. The van der Waals surface area contributed by atoms with Gasteiger partial charge < -0.3 is 53.6 Å². The predicted molar refractivity (Wildman–Crippen MR) is 287 cm³/mol. The summed E-state index contributed by atoms with van der Waals surface area (Å²) in [6.07, 6.45) is -1.69. The molecule has 0 spiro atoms. The molecular formula is C55H62N12O10. The van der Waals surface area contributed by atoms with Crippen LogP contribution < -0.4 is 41.6 Å². The van der Waals surface area contributed by atoms with Gasteiger partial charge in [-0.05, 0) is 107 Å². The number of rotatable bonds is 22. The van der Waals surface area contributed by atoms with Crippen molar-refractivity contribution in [3.05, 3.63) is 134 Å². The monoisotopic (exact) mass is 1050 g/mol. The number of methoxy groups -OCH3 is 2. The molecule has 402 valence electrons. The standard InChI is InChI=1S/C55H62N12O10/c1-10-65-41(22-31(5)60-65)52(70)58-54-62(7)39-23-35(50(56)68)25-42(76-29-33-14-18-37(72-8)19-15-33)47(39)63(54)27-44(74-12-3)45(75-13-4)28-64-48-40(67-46-32(6)61-66(11-2)49(46)53(71)59-55(64)67)24-36(51(57)69)26-43(48)77-30-34-16-20-38(73-9)21-17-34/h14-26,44-45H,10-13,27-30H2,1-9H3,(H2,56,68)(H2,57,69)/b58-54+/t44-,45-/m1/s1. The summed E-state index contributed by atoms with van der Waals surface area (Å²) in [6.45, 7) is 12.5. The molecule has 77 heavy (non-hydrogen) atoms. The number of hydrogen-bond donors (Lipinski definition) is 2. The van der Waals surface area contributed by atoms with Crippen molar-refractivity contribution in [1.82, 2.24) is 42.6 Å². The Kier molecular flexibility index (Phi) is 15.3. The molecule has 4 N–H and O–H groups in total. The topological polar surface area (TPSA) is 256 Å². The highest BCUT2D eigenvalue weighted by Crippen LogP contribution is 2.36. The zero-order valence-electron chi connectivity index (χ0n) is 44.5. The number of primary amides is 2. The average molecular weight is 1050 g/mol. The van der Waals surface area contributed by atoms with Gasteiger partial charge in [-0.15, -0.1) is 0 Å². The molecule has 2 atom stereocenters. The summed E-state index contributed by atoms with van der Waals surface area (Å²) in [4.78, 5) is 64.5. The molecule has 0 bridgehead atoms. The zero-order chi connectivity index (χ0) is 54.8. The van der Waals surface area contributed by atoms with Gasteiger partial charge in [0, 0.05) is 44.5 Å². The third-order valence-corrected chi connectivity index (χ3v) is 13.5. The van der Waals surface area contributed by atoms with Crippen molar-refractivity contribution in [3.63, 3.8) is 0 Å². The van der Waals surface area contributed by atoms with E-state index in [2.05, 4.69) is 5.10 Å². The van der Waals surface area contributed by atoms with E-state index in [0.717, 1.165) is 11.1 Å². The van der Waals surface area contributed by atoms with Crippen LogP contribution >= 0.6 is 0 Å². The van der Waals surface area contributed by atoms with Crippen molar-refractivity contribution in [2.75, 3.05) is 27.4 Å². The van der Waals surface area contributed by atoms with E-state index in [4.69, 9.17) is 55.0 Å². The Morgan fingerprint density at radius 3 is 1.68 bits per heavy atom. The number of imidazole rings is 2. The molecule has 0 aliphatic heterocycles. The second-order valence-electron chi connectivity index (χ2n) is 18.3. The van der Waals surface area contributed by atoms with E-state index in [1.54, 1.807) is 76.9 Å². The Bertz CT molecular complexity index is 3840. The van der Waals surface area contributed by atoms with Gasteiger partial charge in [0.25, 0.3) is 5.91 Å². The maximum absolute atomic E-state index is 14.4. The van der Waals surface area contributed by atoms with Crippen LogP contribution in [-0.4, -0.2) is 100 Å². The number of nitrogens with two attached hydrogens (primary N) is 2. The summed E-state index contributed by atoms with van der Waals surface area (Å²) < 4.78 is 47.8. The quantitative estimate of drug-likeness (QED) is 0.0819. The first-order valence-corrected chi connectivity index (χ1v) is 25.3. The molecule has 9 rings (SSSR count). The fraction of sp³-hybridized carbons (Fsp3) is 0.345. The summed E-state index contributed by atoms with van der Waals surface area (Å²) in [7, 11) is 4.91. The summed E-state index contributed by atoms with van der Waals surface area (Å²) in [5.74, 6) is 0.132. The van der Waals surface area contributed by atoms with Gasteiger partial charge in [-0.2, -0.15) is 20.2 Å².